The van der Waals surface area contributed by atoms with Gasteiger partial charge in [-0.15, -0.1) is 0 Å². The summed E-state index contributed by atoms with van der Waals surface area (Å²) >= 11 is 2.97. The summed E-state index contributed by atoms with van der Waals surface area (Å²) in [4.78, 5) is 93.7. The number of aliphatic carboxylic acids is 1. The number of hydrogen-bond donors (Lipinski definition) is 7. The molecule has 0 radical (unpaired) electrons. The average molecular weight is 1030 g/mol. The van der Waals surface area contributed by atoms with Crippen LogP contribution in [-0.4, -0.2) is 122 Å². The molecule has 6 fully saturated rings. The standard InChI is InChI=1S/C44H52BrF3N3O15P/c1-40-8-7-22(52)9-28(40)30(47)11-27-26-12-34-44(33(54)20-63-67(60,61)62,41(26,2)17-32(53)43(27,40)48)66-39(65-34)25-4-3-23(10-29(25)46)64-24-15-42(16-24)13-21(14-42)50-38(59)31(5-6-37(57)58)51-36(56)19-49-35(55)18-45/h3-4,7-10,21,24,26-27,30-32,34,39,53H,5-6,11-20H2,1-2H3,(H,49,55)(H,50,59)(H,51,56)(H,57,58)(H2,60,61,62)/t21?,24?,26-,27-,30-,31-,32-,34+,39+,40-,41-,42?,43-,44+/m0/s1. The van der Waals surface area contributed by atoms with Crippen LogP contribution < -0.4 is 20.7 Å². The minimum Gasteiger partial charge on any atom is -0.490 e. The number of carboxylic acids is 1. The molecule has 7 N–H and O–H groups in total. The van der Waals surface area contributed by atoms with Crippen LogP contribution in [0.2, 0.25) is 0 Å². The van der Waals surface area contributed by atoms with Gasteiger partial charge in [0.1, 0.15) is 30.4 Å². The van der Waals surface area contributed by atoms with Crippen molar-refractivity contribution in [1.29, 1.82) is 0 Å². The number of amides is 3. The third kappa shape index (κ3) is 8.60. The highest BCUT2D eigenvalue weighted by molar-refractivity contribution is 9.09. The molecule has 0 unspecified atom stereocenters. The van der Waals surface area contributed by atoms with E-state index in [4.69, 9.17) is 19.3 Å². The van der Waals surface area contributed by atoms with E-state index in [2.05, 4.69) is 36.4 Å². The lowest BCUT2D eigenvalue weighted by molar-refractivity contribution is -0.235. The average Bonchev–Trinajstić information content (AvgIpc) is 3.73. The van der Waals surface area contributed by atoms with Crippen molar-refractivity contribution in [3.05, 3.63) is 53.4 Å². The van der Waals surface area contributed by atoms with E-state index in [1.54, 1.807) is 0 Å². The summed E-state index contributed by atoms with van der Waals surface area (Å²) < 4.78 is 85.2. The Kier molecular flexibility index (Phi) is 13.1. The molecular formula is C44H52BrF3N3O15P. The van der Waals surface area contributed by atoms with Crippen LogP contribution in [0.1, 0.15) is 83.5 Å². The number of aliphatic hydroxyl groups is 1. The van der Waals surface area contributed by atoms with Gasteiger partial charge in [-0.2, -0.15) is 0 Å². The van der Waals surface area contributed by atoms with E-state index < -0.39 is 140 Å². The molecule has 0 aromatic heterocycles. The fourth-order valence-electron chi connectivity index (χ4n) is 12.5. The van der Waals surface area contributed by atoms with E-state index in [9.17, 15) is 48.2 Å². The van der Waals surface area contributed by atoms with Crippen LogP contribution in [-0.2, 0) is 47.3 Å². The zero-order valence-corrected chi connectivity index (χ0v) is 38.9. The number of aliphatic hydroxyl groups excluding tert-OH is 1. The van der Waals surface area contributed by atoms with Crippen molar-refractivity contribution in [2.45, 2.75) is 126 Å². The summed E-state index contributed by atoms with van der Waals surface area (Å²) in [5.41, 5.74) is -8.43. The number of fused-ring (bicyclic) bond motifs is 7. The van der Waals surface area contributed by atoms with Gasteiger partial charge in [0.2, 0.25) is 17.7 Å². The zero-order chi connectivity index (χ0) is 48.6. The number of nitrogens with one attached hydrogen (secondary N) is 3. The van der Waals surface area contributed by atoms with Crippen molar-refractivity contribution >= 4 is 59.0 Å². The number of ether oxygens (including phenoxy) is 3. The van der Waals surface area contributed by atoms with E-state index >= 15 is 13.2 Å². The molecule has 5 saturated carbocycles. The first-order chi connectivity index (χ1) is 31.4. The Morgan fingerprint density at radius 3 is 2.42 bits per heavy atom. The van der Waals surface area contributed by atoms with Crippen LogP contribution >= 0.6 is 23.8 Å². The number of hydrogen-bond acceptors (Lipinski definition) is 12. The fourth-order valence-corrected chi connectivity index (χ4v) is 13.0. The molecule has 1 heterocycles. The highest BCUT2D eigenvalue weighted by atomic mass is 79.9. The number of phosphoric acid groups is 1. The normalized spacial score (nSPS) is 38.5. The van der Waals surface area contributed by atoms with Crippen LogP contribution in [0.15, 0.2) is 42.0 Å². The van der Waals surface area contributed by atoms with Gasteiger partial charge in [-0.25, -0.2) is 17.7 Å². The topological polar surface area (TPSA) is 273 Å². The van der Waals surface area contributed by atoms with Crippen molar-refractivity contribution in [2.24, 2.45) is 28.1 Å². The van der Waals surface area contributed by atoms with Gasteiger partial charge in [0, 0.05) is 40.8 Å². The summed E-state index contributed by atoms with van der Waals surface area (Å²) in [5, 5.41) is 28.7. The molecule has 11 atom stereocenters. The summed E-state index contributed by atoms with van der Waals surface area (Å²) in [7, 11) is -5.22. The van der Waals surface area contributed by atoms with Crippen molar-refractivity contribution < 1.29 is 85.2 Å². The zero-order valence-electron chi connectivity index (χ0n) is 36.4. The van der Waals surface area contributed by atoms with Gasteiger partial charge < -0.3 is 50.2 Å². The number of rotatable bonds is 16. The Hall–Kier alpha value is -4.02. The number of Topliss-reactive ketones (excluding diaryl/α,β-unsaturated/α-hetero) is 1. The van der Waals surface area contributed by atoms with Crippen LogP contribution in [0, 0.1) is 33.9 Å². The third-order valence-corrected chi connectivity index (χ3v) is 16.5. The molecule has 0 bridgehead atoms. The van der Waals surface area contributed by atoms with Crippen molar-refractivity contribution in [1.82, 2.24) is 16.0 Å². The van der Waals surface area contributed by atoms with Gasteiger partial charge in [0.05, 0.1) is 30.2 Å². The highest BCUT2D eigenvalue weighted by Crippen LogP contribution is 2.73. The van der Waals surface area contributed by atoms with Gasteiger partial charge >= 0.3 is 13.8 Å². The summed E-state index contributed by atoms with van der Waals surface area (Å²) in [5.74, 6) is -7.20. The van der Waals surface area contributed by atoms with E-state index in [1.807, 2.05) is 0 Å². The third-order valence-electron chi connectivity index (χ3n) is 15.6. The lowest BCUT2D eigenvalue weighted by atomic mass is 9.44. The first-order valence-electron chi connectivity index (χ1n) is 22.0. The van der Waals surface area contributed by atoms with Crippen LogP contribution in [0.5, 0.6) is 5.75 Å². The molecular weight excluding hydrogens is 978 g/mol. The number of ketones is 2. The quantitative estimate of drug-likeness (QED) is 0.0925. The van der Waals surface area contributed by atoms with Gasteiger partial charge in [-0.05, 0) is 99.5 Å². The molecule has 1 aromatic rings. The SMILES string of the molecule is C[C@]12C=CC(=O)C=C1[C@@H](F)C[C@H]1[C@@H]3C[C@H]4O[C@@H](c5ccc(OC6CC7(CC(NC(=O)[C@H](CCC(=O)O)NC(=O)CNC(=O)CBr)C7)C6)cc5F)O[C@@]4(C(=O)COP(=O)(O)O)[C@@]3(C)C[C@H](O)[C@@]12F. The number of carbonyl (C=O) groups is 6. The van der Waals surface area contributed by atoms with Crippen molar-refractivity contribution in [3.8, 4) is 5.75 Å². The molecule has 23 heteroatoms. The van der Waals surface area contributed by atoms with E-state index in [0.29, 0.717) is 25.7 Å². The number of carbonyl (C=O) groups excluding carboxylic acids is 5. The molecule has 7 aliphatic rings. The second kappa shape index (κ2) is 17.7. The van der Waals surface area contributed by atoms with E-state index in [1.165, 1.54) is 32.1 Å². The smallest absolute Gasteiger partial charge is 0.470 e. The lowest BCUT2D eigenvalue weighted by Crippen LogP contribution is -2.70. The predicted octanol–water partition coefficient (Wildman–Crippen LogP) is 3.25. The minimum atomic E-state index is -5.22. The first-order valence-corrected chi connectivity index (χ1v) is 24.7. The largest absolute Gasteiger partial charge is 0.490 e. The summed E-state index contributed by atoms with van der Waals surface area (Å²) in [6, 6.07) is 2.53. The van der Waals surface area contributed by atoms with Crippen LogP contribution in [0.25, 0.3) is 0 Å². The van der Waals surface area contributed by atoms with Gasteiger partial charge in [0.25, 0.3) is 0 Å². The predicted molar refractivity (Wildman–Crippen MR) is 228 cm³/mol. The Morgan fingerprint density at radius 1 is 1.04 bits per heavy atom. The van der Waals surface area contributed by atoms with E-state index in [-0.39, 0.29) is 59.0 Å². The first kappa shape index (κ1) is 49.4. The minimum absolute atomic E-state index is 0.0274. The number of alkyl halides is 3. The Balaban J connectivity index is 0.921. The Morgan fingerprint density at radius 2 is 1.76 bits per heavy atom. The van der Waals surface area contributed by atoms with E-state index in [0.717, 1.165) is 18.2 Å². The second-order valence-electron chi connectivity index (χ2n) is 19.5. The molecule has 366 valence electrons. The fraction of sp³-hybridized carbons (Fsp3) is 0.636. The molecule has 1 aliphatic heterocycles. The number of allylic oxidation sites excluding steroid dienone is 4. The molecule has 1 saturated heterocycles. The second-order valence-corrected chi connectivity index (χ2v) is 21.3. The number of carboxylic acid groups (broad SMARTS) is 1. The van der Waals surface area contributed by atoms with Crippen LogP contribution in [0.3, 0.4) is 0 Å². The van der Waals surface area contributed by atoms with Gasteiger partial charge in [-0.1, -0.05) is 28.9 Å². The van der Waals surface area contributed by atoms with Crippen molar-refractivity contribution in [2.75, 3.05) is 18.5 Å². The number of halogens is 4. The molecule has 18 nitrogen and oxygen atoms in total. The number of phosphoric ester groups is 1. The Labute approximate surface area is 390 Å². The summed E-state index contributed by atoms with van der Waals surface area (Å²) in [6.45, 7) is 1.38. The molecule has 1 spiro atoms. The van der Waals surface area contributed by atoms with Crippen molar-refractivity contribution in [3.63, 3.8) is 0 Å². The maximum absolute atomic E-state index is 17.9. The molecule has 3 amide bonds. The maximum Gasteiger partial charge on any atom is 0.470 e. The molecule has 6 aliphatic carbocycles. The monoisotopic (exact) mass is 1030 g/mol. The lowest BCUT2D eigenvalue weighted by Gasteiger charge is -2.63. The summed E-state index contributed by atoms with van der Waals surface area (Å²) in [6.07, 6.45) is -2.65. The molecule has 67 heavy (non-hydrogen) atoms. The van der Waals surface area contributed by atoms with Gasteiger partial charge in [-0.3, -0.25) is 33.3 Å². The maximum atomic E-state index is 17.9. The molecule has 1 aromatic carbocycles. The van der Waals surface area contributed by atoms with Crippen LogP contribution in [0.4, 0.5) is 13.2 Å². The van der Waals surface area contributed by atoms with Gasteiger partial charge in [0.15, 0.2) is 29.1 Å². The molecule has 8 rings (SSSR count). The highest BCUT2D eigenvalue weighted by Gasteiger charge is 2.80. The number of benzene rings is 1. The Bertz CT molecular complexity index is 2360.